The molecule has 158 valence electrons. The van der Waals surface area contributed by atoms with Gasteiger partial charge in [-0.3, -0.25) is 0 Å². The lowest BCUT2D eigenvalue weighted by Crippen LogP contribution is -2.33. The van der Waals surface area contributed by atoms with E-state index in [1.807, 2.05) is 56.3 Å². The van der Waals surface area contributed by atoms with E-state index >= 15 is 0 Å². The van der Waals surface area contributed by atoms with Crippen LogP contribution in [0.2, 0.25) is 5.02 Å². The van der Waals surface area contributed by atoms with Crippen LogP contribution in [0.25, 0.3) is 0 Å². The minimum absolute atomic E-state index is 0.109. The molecule has 4 unspecified atom stereocenters. The SMILES string of the molecule is CCOc1ccc(C(OCC)c2cc(C3CC(O)CC(CO)O3)ccc2Cl)cc1. The van der Waals surface area contributed by atoms with Crippen molar-refractivity contribution < 1.29 is 24.4 Å². The van der Waals surface area contributed by atoms with Crippen LogP contribution in [0, 0.1) is 0 Å². The Bertz CT molecular complexity index is 779. The van der Waals surface area contributed by atoms with Gasteiger partial charge in [0.25, 0.3) is 0 Å². The molecule has 6 heteroatoms. The second kappa shape index (κ2) is 10.4. The largest absolute Gasteiger partial charge is 0.494 e. The van der Waals surface area contributed by atoms with Gasteiger partial charge in [0.1, 0.15) is 11.9 Å². The Morgan fingerprint density at radius 3 is 2.52 bits per heavy atom. The van der Waals surface area contributed by atoms with Gasteiger partial charge in [-0.1, -0.05) is 29.8 Å². The van der Waals surface area contributed by atoms with Crippen LogP contribution in [0.3, 0.4) is 0 Å². The van der Waals surface area contributed by atoms with Gasteiger partial charge in [-0.15, -0.1) is 0 Å². The second-order valence-corrected chi connectivity index (χ2v) is 7.58. The number of benzene rings is 2. The van der Waals surface area contributed by atoms with Crippen LogP contribution in [0.15, 0.2) is 42.5 Å². The molecular weight excluding hydrogens is 392 g/mol. The zero-order valence-electron chi connectivity index (χ0n) is 16.9. The van der Waals surface area contributed by atoms with Crippen molar-refractivity contribution in [2.24, 2.45) is 0 Å². The second-order valence-electron chi connectivity index (χ2n) is 7.17. The van der Waals surface area contributed by atoms with Crippen molar-refractivity contribution >= 4 is 11.6 Å². The van der Waals surface area contributed by atoms with E-state index in [-0.39, 0.29) is 24.9 Å². The molecule has 2 N–H and O–H groups in total. The van der Waals surface area contributed by atoms with Crippen LogP contribution in [0.4, 0.5) is 0 Å². The molecule has 1 aliphatic heterocycles. The first-order valence-electron chi connectivity index (χ1n) is 10.1. The summed E-state index contributed by atoms with van der Waals surface area (Å²) in [7, 11) is 0. The van der Waals surface area contributed by atoms with E-state index in [1.54, 1.807) is 0 Å². The lowest BCUT2D eigenvalue weighted by atomic mass is 9.93. The molecule has 29 heavy (non-hydrogen) atoms. The first-order chi connectivity index (χ1) is 14.0. The van der Waals surface area contributed by atoms with E-state index in [1.165, 1.54) is 0 Å². The molecule has 4 atom stereocenters. The summed E-state index contributed by atoms with van der Waals surface area (Å²) >= 11 is 6.55. The van der Waals surface area contributed by atoms with Crippen LogP contribution in [0.5, 0.6) is 5.75 Å². The molecule has 1 fully saturated rings. The fraction of sp³-hybridized carbons (Fsp3) is 0.478. The smallest absolute Gasteiger partial charge is 0.119 e. The number of hydrogen-bond acceptors (Lipinski definition) is 5. The van der Waals surface area contributed by atoms with E-state index in [0.29, 0.717) is 31.1 Å². The van der Waals surface area contributed by atoms with Gasteiger partial charge in [0, 0.05) is 30.0 Å². The zero-order valence-corrected chi connectivity index (χ0v) is 17.6. The predicted octanol–water partition coefficient (Wildman–Crippen LogP) is 4.44. The van der Waals surface area contributed by atoms with Crippen LogP contribution < -0.4 is 4.74 Å². The Balaban J connectivity index is 1.91. The monoisotopic (exact) mass is 420 g/mol. The van der Waals surface area contributed by atoms with Crippen molar-refractivity contribution in [1.82, 2.24) is 0 Å². The molecule has 0 aliphatic carbocycles. The number of aliphatic hydroxyl groups excluding tert-OH is 2. The molecule has 2 aromatic rings. The van der Waals surface area contributed by atoms with Gasteiger partial charge in [0.15, 0.2) is 0 Å². The maximum absolute atomic E-state index is 10.2. The highest BCUT2D eigenvalue weighted by molar-refractivity contribution is 6.31. The van der Waals surface area contributed by atoms with Crippen LogP contribution in [-0.4, -0.2) is 42.2 Å². The number of rotatable bonds is 8. The van der Waals surface area contributed by atoms with Gasteiger partial charge in [-0.25, -0.2) is 0 Å². The molecular formula is C23H29ClO5. The van der Waals surface area contributed by atoms with Crippen molar-refractivity contribution in [2.45, 2.75) is 51.1 Å². The van der Waals surface area contributed by atoms with Gasteiger partial charge in [0.05, 0.1) is 31.5 Å². The summed E-state index contributed by atoms with van der Waals surface area (Å²) in [6.45, 7) is 4.94. The molecule has 0 spiro atoms. The summed E-state index contributed by atoms with van der Waals surface area (Å²) in [5.74, 6) is 0.811. The van der Waals surface area contributed by atoms with Gasteiger partial charge in [-0.2, -0.15) is 0 Å². The summed E-state index contributed by atoms with van der Waals surface area (Å²) < 4.78 is 17.5. The highest BCUT2D eigenvalue weighted by atomic mass is 35.5. The molecule has 1 saturated heterocycles. The summed E-state index contributed by atoms with van der Waals surface area (Å²) in [6.07, 6.45) is -0.559. The Labute approximate surface area is 177 Å². The number of ether oxygens (including phenoxy) is 3. The first-order valence-corrected chi connectivity index (χ1v) is 10.5. The third-order valence-corrected chi connectivity index (χ3v) is 5.43. The van der Waals surface area contributed by atoms with Gasteiger partial charge < -0.3 is 24.4 Å². The number of halogens is 1. The lowest BCUT2D eigenvalue weighted by molar-refractivity contribution is -0.113. The van der Waals surface area contributed by atoms with E-state index in [0.717, 1.165) is 22.4 Å². The average molecular weight is 421 g/mol. The van der Waals surface area contributed by atoms with Crippen LogP contribution in [-0.2, 0) is 9.47 Å². The van der Waals surface area contributed by atoms with Crippen molar-refractivity contribution in [3.63, 3.8) is 0 Å². The van der Waals surface area contributed by atoms with Crippen LogP contribution in [0.1, 0.15) is 55.6 Å². The van der Waals surface area contributed by atoms with Crippen molar-refractivity contribution in [3.8, 4) is 5.75 Å². The van der Waals surface area contributed by atoms with Crippen molar-refractivity contribution in [3.05, 3.63) is 64.2 Å². The minimum Gasteiger partial charge on any atom is -0.494 e. The van der Waals surface area contributed by atoms with Gasteiger partial charge in [-0.05, 0) is 49.2 Å². The first kappa shape index (κ1) is 22.1. The number of hydrogen-bond donors (Lipinski definition) is 2. The fourth-order valence-electron chi connectivity index (χ4n) is 3.72. The van der Waals surface area contributed by atoms with E-state index in [4.69, 9.17) is 25.8 Å². The zero-order chi connectivity index (χ0) is 20.8. The third kappa shape index (κ3) is 5.50. The standard InChI is InChI=1S/C23H29ClO5/c1-3-27-18-8-5-15(6-9-18)23(28-4-2)20-11-16(7-10-21(20)24)22-13-17(26)12-19(14-25)29-22/h5-11,17,19,22-23,25-26H,3-4,12-14H2,1-2H3. The lowest BCUT2D eigenvalue weighted by Gasteiger charge is -2.33. The Hall–Kier alpha value is -1.63. The summed E-state index contributed by atoms with van der Waals surface area (Å²) in [6, 6.07) is 13.5. The molecule has 0 bridgehead atoms. The summed E-state index contributed by atoms with van der Waals surface area (Å²) in [5.41, 5.74) is 2.74. The Morgan fingerprint density at radius 1 is 1.10 bits per heavy atom. The summed E-state index contributed by atoms with van der Waals surface area (Å²) in [5, 5.41) is 20.2. The molecule has 0 saturated carbocycles. The molecule has 0 amide bonds. The third-order valence-electron chi connectivity index (χ3n) is 5.08. The maximum Gasteiger partial charge on any atom is 0.119 e. The van der Waals surface area contributed by atoms with E-state index < -0.39 is 6.10 Å². The average Bonchev–Trinajstić information content (AvgIpc) is 2.73. The fourth-order valence-corrected chi connectivity index (χ4v) is 3.94. The maximum atomic E-state index is 10.2. The highest BCUT2D eigenvalue weighted by Gasteiger charge is 2.30. The quantitative estimate of drug-likeness (QED) is 0.660. The number of aliphatic hydroxyl groups is 2. The van der Waals surface area contributed by atoms with Gasteiger partial charge in [0.2, 0.25) is 0 Å². The molecule has 3 rings (SSSR count). The summed E-state index contributed by atoms with van der Waals surface area (Å²) in [4.78, 5) is 0. The molecule has 0 radical (unpaired) electrons. The predicted molar refractivity (Wildman–Crippen MR) is 112 cm³/mol. The van der Waals surface area contributed by atoms with Gasteiger partial charge >= 0.3 is 0 Å². The van der Waals surface area contributed by atoms with Crippen LogP contribution >= 0.6 is 11.6 Å². The van der Waals surface area contributed by atoms with Crippen molar-refractivity contribution in [1.29, 1.82) is 0 Å². The molecule has 0 aromatic heterocycles. The van der Waals surface area contributed by atoms with Crippen molar-refractivity contribution in [2.75, 3.05) is 19.8 Å². The Morgan fingerprint density at radius 2 is 1.86 bits per heavy atom. The van der Waals surface area contributed by atoms with E-state index in [9.17, 15) is 10.2 Å². The topological polar surface area (TPSA) is 68.2 Å². The Kier molecular flexibility index (Phi) is 7.92. The minimum atomic E-state index is -0.501. The molecule has 1 heterocycles. The highest BCUT2D eigenvalue weighted by Crippen LogP contribution is 2.37. The van der Waals surface area contributed by atoms with E-state index in [2.05, 4.69) is 0 Å². The normalized spacial score (nSPS) is 23.0. The molecule has 2 aromatic carbocycles. The molecule has 1 aliphatic rings. The molecule has 5 nitrogen and oxygen atoms in total.